The molecule has 8 nitrogen and oxygen atoms in total. The number of nitrogens with zero attached hydrogens (tertiary/aromatic N) is 2. The van der Waals surface area contributed by atoms with Crippen LogP contribution in [0.4, 0.5) is 5.69 Å². The number of halogens is 1. The van der Waals surface area contributed by atoms with E-state index < -0.39 is 9.84 Å². The predicted molar refractivity (Wildman–Crippen MR) is 133 cm³/mol. The molecule has 1 aromatic rings. The highest BCUT2D eigenvalue weighted by Gasteiger charge is 2.21. The Morgan fingerprint density at radius 3 is 2.83 bits per heavy atom. The van der Waals surface area contributed by atoms with E-state index in [1.54, 1.807) is 7.11 Å². The Balaban J connectivity index is 0.00000450. The zero-order chi connectivity index (χ0) is 21.1. The van der Waals surface area contributed by atoms with Gasteiger partial charge in [-0.15, -0.1) is 24.0 Å². The summed E-state index contributed by atoms with van der Waals surface area (Å²) in [5.74, 6) is 1.66. The lowest BCUT2D eigenvalue weighted by molar-refractivity contribution is 0.157. The summed E-state index contributed by atoms with van der Waals surface area (Å²) in [5.41, 5.74) is 1.16. The van der Waals surface area contributed by atoms with Crippen molar-refractivity contribution in [2.75, 3.05) is 63.4 Å². The largest absolute Gasteiger partial charge is 0.497 e. The molecule has 0 aliphatic carbocycles. The number of piperidine rings is 1. The van der Waals surface area contributed by atoms with Crippen LogP contribution in [0.25, 0.3) is 0 Å². The van der Waals surface area contributed by atoms with Crippen LogP contribution in [0.2, 0.25) is 0 Å². The fourth-order valence-electron chi connectivity index (χ4n) is 3.18. The molecule has 0 spiro atoms. The molecule has 1 atom stereocenters. The molecule has 1 aliphatic heterocycles. The standard InChI is InChI=1S/C20H34N4O4S.HI/c1-4-21-20(22-10-12-28-13-14-29(3,25)26)23-17-7-6-11-24(16-17)18-8-5-9-19(15-18)27-2;/h5,8-9,15,17H,4,6-7,10-14,16H2,1-3H3,(H2,21,22,23);1H. The van der Waals surface area contributed by atoms with Gasteiger partial charge in [-0.05, 0) is 31.9 Å². The number of hydrogen-bond donors (Lipinski definition) is 2. The summed E-state index contributed by atoms with van der Waals surface area (Å²) in [6.07, 6.45) is 3.39. The van der Waals surface area contributed by atoms with Crippen LogP contribution in [0.5, 0.6) is 5.75 Å². The van der Waals surface area contributed by atoms with Crippen molar-refractivity contribution >= 4 is 45.5 Å². The molecule has 0 aromatic heterocycles. The van der Waals surface area contributed by atoms with Crippen molar-refractivity contribution in [3.05, 3.63) is 24.3 Å². The van der Waals surface area contributed by atoms with Gasteiger partial charge in [0.05, 0.1) is 32.6 Å². The predicted octanol–water partition coefficient (Wildman–Crippen LogP) is 1.90. The molecule has 0 radical (unpaired) electrons. The van der Waals surface area contributed by atoms with Crippen LogP contribution in [0, 0.1) is 0 Å². The summed E-state index contributed by atoms with van der Waals surface area (Å²) in [6.45, 7) is 5.79. The second kappa shape index (κ2) is 13.9. The molecule has 0 bridgehead atoms. The van der Waals surface area contributed by atoms with E-state index in [1.165, 1.54) is 6.26 Å². The summed E-state index contributed by atoms with van der Waals surface area (Å²) >= 11 is 0. The molecule has 172 valence electrons. The third-order valence-corrected chi connectivity index (χ3v) is 5.54. The monoisotopic (exact) mass is 554 g/mol. The minimum absolute atomic E-state index is 0. The first-order chi connectivity index (χ1) is 13.9. The summed E-state index contributed by atoms with van der Waals surface area (Å²) in [5, 5.41) is 6.78. The number of hydrogen-bond acceptors (Lipinski definition) is 6. The number of sulfone groups is 1. The molecule has 1 unspecified atom stereocenters. The van der Waals surface area contributed by atoms with E-state index in [2.05, 4.69) is 32.7 Å². The molecule has 30 heavy (non-hydrogen) atoms. The number of rotatable bonds is 10. The summed E-state index contributed by atoms with van der Waals surface area (Å²) < 4.78 is 32.9. The molecule has 0 amide bonds. The number of aliphatic imine (C=N–C) groups is 1. The summed E-state index contributed by atoms with van der Waals surface area (Å²) in [7, 11) is -1.30. The first kappa shape index (κ1) is 26.8. The van der Waals surface area contributed by atoms with Gasteiger partial charge in [0, 0.05) is 43.7 Å². The highest BCUT2D eigenvalue weighted by molar-refractivity contribution is 14.0. The maximum Gasteiger partial charge on any atom is 0.191 e. The van der Waals surface area contributed by atoms with E-state index in [1.807, 2.05) is 19.1 Å². The van der Waals surface area contributed by atoms with Gasteiger partial charge in [0.2, 0.25) is 0 Å². The van der Waals surface area contributed by atoms with Crippen LogP contribution in [-0.2, 0) is 14.6 Å². The fourth-order valence-corrected chi connectivity index (χ4v) is 3.60. The Hall–Kier alpha value is -1.27. The number of nitrogens with one attached hydrogen (secondary N) is 2. The van der Waals surface area contributed by atoms with E-state index in [4.69, 9.17) is 9.47 Å². The number of ether oxygens (including phenoxy) is 2. The molecule has 1 heterocycles. The van der Waals surface area contributed by atoms with Crippen LogP contribution in [-0.4, -0.2) is 78.9 Å². The molecule has 10 heteroatoms. The number of anilines is 1. The quantitative estimate of drug-likeness (QED) is 0.198. The van der Waals surface area contributed by atoms with Crippen molar-refractivity contribution < 1.29 is 17.9 Å². The van der Waals surface area contributed by atoms with Crippen LogP contribution in [0.3, 0.4) is 0 Å². The molecule has 2 rings (SSSR count). The van der Waals surface area contributed by atoms with Crippen LogP contribution < -0.4 is 20.3 Å². The smallest absolute Gasteiger partial charge is 0.191 e. The molecule has 1 aromatic carbocycles. The zero-order valence-electron chi connectivity index (χ0n) is 18.1. The Bertz CT molecular complexity index is 761. The van der Waals surface area contributed by atoms with E-state index in [9.17, 15) is 8.42 Å². The van der Waals surface area contributed by atoms with Gasteiger partial charge < -0.3 is 25.0 Å². The highest BCUT2D eigenvalue weighted by Crippen LogP contribution is 2.24. The highest BCUT2D eigenvalue weighted by atomic mass is 127. The Morgan fingerprint density at radius 1 is 1.33 bits per heavy atom. The molecular weight excluding hydrogens is 519 g/mol. The maximum atomic E-state index is 11.1. The lowest BCUT2D eigenvalue weighted by atomic mass is 10.0. The van der Waals surface area contributed by atoms with Gasteiger partial charge in [0.25, 0.3) is 0 Å². The third-order valence-electron chi connectivity index (χ3n) is 4.63. The topological polar surface area (TPSA) is 92.3 Å². The van der Waals surface area contributed by atoms with E-state index in [0.29, 0.717) is 19.2 Å². The number of guanidine groups is 1. The lowest BCUT2D eigenvalue weighted by Gasteiger charge is -2.35. The van der Waals surface area contributed by atoms with Crippen molar-refractivity contribution in [1.29, 1.82) is 0 Å². The van der Waals surface area contributed by atoms with Gasteiger partial charge >= 0.3 is 0 Å². The van der Waals surface area contributed by atoms with Crippen molar-refractivity contribution in [2.45, 2.75) is 25.8 Å². The van der Waals surface area contributed by atoms with Gasteiger partial charge in [-0.3, -0.25) is 4.99 Å². The third kappa shape index (κ3) is 10.2. The van der Waals surface area contributed by atoms with E-state index >= 15 is 0 Å². The molecule has 1 fully saturated rings. The van der Waals surface area contributed by atoms with Gasteiger partial charge in [-0.25, -0.2) is 8.42 Å². The van der Waals surface area contributed by atoms with Crippen molar-refractivity contribution in [2.24, 2.45) is 4.99 Å². The SMILES string of the molecule is CCNC(=NCCOCCS(C)(=O)=O)NC1CCCN(c2cccc(OC)c2)C1.I. The first-order valence-electron chi connectivity index (χ1n) is 10.1. The van der Waals surface area contributed by atoms with E-state index in [0.717, 1.165) is 49.9 Å². The summed E-state index contributed by atoms with van der Waals surface area (Å²) in [4.78, 5) is 6.91. The van der Waals surface area contributed by atoms with Crippen molar-refractivity contribution in [1.82, 2.24) is 10.6 Å². The molecular formula is C20H35IN4O4S. The Labute approximate surface area is 197 Å². The minimum Gasteiger partial charge on any atom is -0.497 e. The average Bonchev–Trinajstić information content (AvgIpc) is 2.70. The average molecular weight is 554 g/mol. The van der Waals surface area contributed by atoms with Crippen molar-refractivity contribution in [3.63, 3.8) is 0 Å². The summed E-state index contributed by atoms with van der Waals surface area (Å²) in [6, 6.07) is 8.43. The van der Waals surface area contributed by atoms with Gasteiger partial charge in [0.1, 0.15) is 15.6 Å². The van der Waals surface area contributed by atoms with Crippen LogP contribution in [0.15, 0.2) is 29.3 Å². The fraction of sp³-hybridized carbons (Fsp3) is 0.650. The number of methoxy groups -OCH3 is 1. The normalized spacial score (nSPS) is 17.2. The maximum absolute atomic E-state index is 11.1. The van der Waals surface area contributed by atoms with Gasteiger partial charge in [0.15, 0.2) is 5.96 Å². The van der Waals surface area contributed by atoms with Crippen LogP contribution >= 0.6 is 24.0 Å². The van der Waals surface area contributed by atoms with Crippen molar-refractivity contribution in [3.8, 4) is 5.75 Å². The van der Waals surface area contributed by atoms with Gasteiger partial charge in [-0.1, -0.05) is 6.07 Å². The molecule has 1 saturated heterocycles. The van der Waals surface area contributed by atoms with Gasteiger partial charge in [-0.2, -0.15) is 0 Å². The first-order valence-corrected chi connectivity index (χ1v) is 12.2. The van der Waals surface area contributed by atoms with E-state index in [-0.39, 0.29) is 36.3 Å². The second-order valence-corrected chi connectivity index (χ2v) is 9.39. The zero-order valence-corrected chi connectivity index (χ0v) is 21.2. The molecule has 1 aliphatic rings. The van der Waals surface area contributed by atoms with Crippen LogP contribution in [0.1, 0.15) is 19.8 Å². The lowest BCUT2D eigenvalue weighted by Crippen LogP contribution is -2.51. The Morgan fingerprint density at radius 2 is 2.13 bits per heavy atom. The molecule has 2 N–H and O–H groups in total. The Kier molecular flexibility index (Phi) is 12.4. The number of benzene rings is 1. The molecule has 0 saturated carbocycles. The minimum atomic E-state index is -2.99. The second-order valence-electron chi connectivity index (χ2n) is 7.13.